The van der Waals surface area contributed by atoms with Gasteiger partial charge in [0.25, 0.3) is 0 Å². The maximum atomic E-state index is 4.17. The molecule has 1 aromatic carbocycles. The van der Waals surface area contributed by atoms with Crippen LogP contribution < -0.4 is 5.32 Å². The number of aryl methyl sites for hydroxylation is 1. The van der Waals surface area contributed by atoms with Crippen LogP contribution in [0.2, 0.25) is 0 Å². The molecule has 1 atom stereocenters. The second kappa shape index (κ2) is 6.20. The van der Waals surface area contributed by atoms with E-state index in [1.165, 1.54) is 23.2 Å². The smallest absolute Gasteiger partial charge is 0.0500 e. The van der Waals surface area contributed by atoms with E-state index in [-0.39, 0.29) is 6.04 Å². The van der Waals surface area contributed by atoms with Crippen molar-refractivity contribution in [2.24, 2.45) is 0 Å². The number of rotatable bonds is 5. The van der Waals surface area contributed by atoms with E-state index in [0.29, 0.717) is 0 Å². The Labute approximate surface area is 109 Å². The number of nitrogens with zero attached hydrogens (tertiary/aromatic N) is 1. The predicted molar refractivity (Wildman–Crippen MR) is 76.7 cm³/mol. The summed E-state index contributed by atoms with van der Waals surface area (Å²) in [7, 11) is 0. The first-order valence-corrected chi connectivity index (χ1v) is 6.55. The molecule has 1 N–H and O–H groups in total. The van der Waals surface area contributed by atoms with Crippen LogP contribution in [0.15, 0.2) is 48.8 Å². The minimum atomic E-state index is 0.275. The summed E-state index contributed by atoms with van der Waals surface area (Å²) in [5.41, 5.74) is 3.83. The highest BCUT2D eigenvalue weighted by Gasteiger charge is 2.07. The van der Waals surface area contributed by atoms with Gasteiger partial charge in [-0.15, -0.1) is 0 Å². The number of anilines is 1. The molecule has 0 amide bonds. The van der Waals surface area contributed by atoms with E-state index >= 15 is 0 Å². The summed E-state index contributed by atoms with van der Waals surface area (Å²) < 4.78 is 0. The molecule has 0 saturated heterocycles. The Morgan fingerprint density at radius 1 is 1.17 bits per heavy atom. The summed E-state index contributed by atoms with van der Waals surface area (Å²) in [5, 5.41) is 3.57. The molecule has 2 nitrogen and oxygen atoms in total. The molecule has 94 valence electrons. The van der Waals surface area contributed by atoms with E-state index < -0.39 is 0 Å². The standard InChI is InChI=1S/C16H20N2/c1-3-7-14-8-4-5-10-16(14)18-13(2)15-9-6-11-17-12-15/h4-6,8-13,18H,3,7H2,1-2H3. The maximum Gasteiger partial charge on any atom is 0.0500 e. The third-order valence-corrected chi connectivity index (χ3v) is 3.09. The van der Waals surface area contributed by atoms with Crippen molar-refractivity contribution in [3.63, 3.8) is 0 Å². The molecule has 0 fully saturated rings. The first-order valence-electron chi connectivity index (χ1n) is 6.55. The van der Waals surface area contributed by atoms with Gasteiger partial charge in [-0.05, 0) is 36.6 Å². The van der Waals surface area contributed by atoms with Crippen LogP contribution in [0, 0.1) is 0 Å². The fourth-order valence-electron chi connectivity index (χ4n) is 2.10. The van der Waals surface area contributed by atoms with Crippen molar-refractivity contribution in [2.75, 3.05) is 5.32 Å². The zero-order chi connectivity index (χ0) is 12.8. The molecule has 1 heterocycles. The zero-order valence-electron chi connectivity index (χ0n) is 11.1. The molecule has 1 unspecified atom stereocenters. The second-order valence-corrected chi connectivity index (χ2v) is 4.56. The Kier molecular flexibility index (Phi) is 4.35. The van der Waals surface area contributed by atoms with Crippen molar-refractivity contribution < 1.29 is 0 Å². The van der Waals surface area contributed by atoms with Crippen molar-refractivity contribution in [3.8, 4) is 0 Å². The van der Waals surface area contributed by atoms with Gasteiger partial charge in [-0.25, -0.2) is 0 Å². The molecule has 2 rings (SSSR count). The topological polar surface area (TPSA) is 24.9 Å². The number of hydrogen-bond donors (Lipinski definition) is 1. The van der Waals surface area contributed by atoms with Gasteiger partial charge < -0.3 is 5.32 Å². The lowest BCUT2D eigenvalue weighted by molar-refractivity contribution is 0.861. The molecule has 18 heavy (non-hydrogen) atoms. The van der Waals surface area contributed by atoms with E-state index in [4.69, 9.17) is 0 Å². The molecule has 2 heteroatoms. The average molecular weight is 240 g/mol. The predicted octanol–water partition coefficient (Wildman–Crippen LogP) is 4.21. The molecule has 0 aliphatic heterocycles. The van der Waals surface area contributed by atoms with Crippen molar-refractivity contribution in [1.82, 2.24) is 4.98 Å². The lowest BCUT2D eigenvalue weighted by atomic mass is 10.1. The molecular weight excluding hydrogens is 220 g/mol. The van der Waals surface area contributed by atoms with Crippen LogP contribution >= 0.6 is 0 Å². The quantitative estimate of drug-likeness (QED) is 0.847. The van der Waals surface area contributed by atoms with Gasteiger partial charge in [-0.3, -0.25) is 4.98 Å². The third-order valence-electron chi connectivity index (χ3n) is 3.09. The molecule has 0 bridgehead atoms. The van der Waals surface area contributed by atoms with Crippen molar-refractivity contribution in [1.29, 1.82) is 0 Å². The normalized spacial score (nSPS) is 12.1. The van der Waals surface area contributed by atoms with Gasteiger partial charge in [-0.2, -0.15) is 0 Å². The first-order chi connectivity index (χ1) is 8.81. The summed E-state index contributed by atoms with van der Waals surface area (Å²) in [6.07, 6.45) is 6.00. The van der Waals surface area contributed by atoms with Gasteiger partial charge in [0.2, 0.25) is 0 Å². The highest BCUT2D eigenvalue weighted by Crippen LogP contribution is 2.22. The Morgan fingerprint density at radius 2 is 2.00 bits per heavy atom. The number of para-hydroxylation sites is 1. The van der Waals surface area contributed by atoms with Gasteiger partial charge in [0.15, 0.2) is 0 Å². The van der Waals surface area contributed by atoms with Crippen LogP contribution in [0.3, 0.4) is 0 Å². The van der Waals surface area contributed by atoms with Crippen LogP contribution in [0.5, 0.6) is 0 Å². The van der Waals surface area contributed by atoms with Crippen LogP contribution in [-0.2, 0) is 6.42 Å². The molecule has 0 aliphatic carbocycles. The number of nitrogens with one attached hydrogen (secondary N) is 1. The van der Waals surface area contributed by atoms with Gasteiger partial charge in [0.1, 0.15) is 0 Å². The highest BCUT2D eigenvalue weighted by molar-refractivity contribution is 5.52. The van der Waals surface area contributed by atoms with E-state index in [2.05, 4.69) is 54.5 Å². The van der Waals surface area contributed by atoms with Crippen LogP contribution in [0.4, 0.5) is 5.69 Å². The minimum absolute atomic E-state index is 0.275. The van der Waals surface area contributed by atoms with Crippen molar-refractivity contribution in [2.45, 2.75) is 32.7 Å². The lowest BCUT2D eigenvalue weighted by Crippen LogP contribution is -2.08. The van der Waals surface area contributed by atoms with E-state index in [9.17, 15) is 0 Å². The fourth-order valence-corrected chi connectivity index (χ4v) is 2.10. The van der Waals surface area contributed by atoms with Crippen LogP contribution in [0.25, 0.3) is 0 Å². The van der Waals surface area contributed by atoms with Crippen LogP contribution in [0.1, 0.15) is 37.4 Å². The molecule has 1 aromatic heterocycles. The molecular formula is C16H20N2. The van der Waals surface area contributed by atoms with Gasteiger partial charge in [-0.1, -0.05) is 37.6 Å². The zero-order valence-corrected chi connectivity index (χ0v) is 11.1. The van der Waals surface area contributed by atoms with Gasteiger partial charge >= 0.3 is 0 Å². The summed E-state index contributed by atoms with van der Waals surface area (Å²) in [5.74, 6) is 0. The summed E-state index contributed by atoms with van der Waals surface area (Å²) in [4.78, 5) is 4.17. The molecule has 0 aliphatic rings. The summed E-state index contributed by atoms with van der Waals surface area (Å²) in [6, 6.07) is 12.9. The Morgan fingerprint density at radius 3 is 2.72 bits per heavy atom. The summed E-state index contributed by atoms with van der Waals surface area (Å²) >= 11 is 0. The van der Waals surface area contributed by atoms with E-state index in [0.717, 1.165) is 6.42 Å². The third kappa shape index (κ3) is 3.10. The second-order valence-electron chi connectivity index (χ2n) is 4.56. The van der Waals surface area contributed by atoms with Gasteiger partial charge in [0, 0.05) is 18.1 Å². The monoisotopic (exact) mass is 240 g/mol. The Bertz CT molecular complexity index is 479. The molecule has 0 spiro atoms. The Hall–Kier alpha value is -1.83. The largest absolute Gasteiger partial charge is 0.378 e. The number of hydrogen-bond acceptors (Lipinski definition) is 2. The SMILES string of the molecule is CCCc1ccccc1NC(C)c1cccnc1. The lowest BCUT2D eigenvalue weighted by Gasteiger charge is -2.18. The molecule has 0 radical (unpaired) electrons. The maximum absolute atomic E-state index is 4.17. The summed E-state index contributed by atoms with van der Waals surface area (Å²) in [6.45, 7) is 4.38. The highest BCUT2D eigenvalue weighted by atomic mass is 14.9. The number of pyridine rings is 1. The van der Waals surface area contributed by atoms with Crippen molar-refractivity contribution in [3.05, 3.63) is 59.9 Å². The minimum Gasteiger partial charge on any atom is -0.378 e. The van der Waals surface area contributed by atoms with E-state index in [1.54, 1.807) is 6.20 Å². The van der Waals surface area contributed by atoms with Crippen molar-refractivity contribution >= 4 is 5.69 Å². The fraction of sp³-hybridized carbons (Fsp3) is 0.312. The average Bonchev–Trinajstić information content (AvgIpc) is 2.42. The number of benzene rings is 1. The molecule has 2 aromatic rings. The van der Waals surface area contributed by atoms with Gasteiger partial charge in [0.05, 0.1) is 6.04 Å². The molecule has 0 saturated carbocycles. The van der Waals surface area contributed by atoms with Crippen LogP contribution in [-0.4, -0.2) is 4.98 Å². The number of aromatic nitrogens is 1. The first kappa shape index (κ1) is 12.6. The Balaban J connectivity index is 2.14. The van der Waals surface area contributed by atoms with E-state index in [1.807, 2.05) is 12.3 Å².